The molecule has 21 heavy (non-hydrogen) atoms. The van der Waals surface area contributed by atoms with Gasteiger partial charge in [-0.2, -0.15) is 4.31 Å². The van der Waals surface area contributed by atoms with Crippen LogP contribution in [0, 0.1) is 0 Å². The molecule has 118 valence electrons. The second-order valence-corrected chi connectivity index (χ2v) is 9.27. The summed E-state index contributed by atoms with van der Waals surface area (Å²) in [5.41, 5.74) is 1.09. The van der Waals surface area contributed by atoms with Gasteiger partial charge in [-0.15, -0.1) is 11.3 Å². The third kappa shape index (κ3) is 3.67. The molecular weight excluding hydrogens is 304 g/mol. The van der Waals surface area contributed by atoms with Crippen molar-refractivity contribution in [3.63, 3.8) is 0 Å². The standard InChI is InChI=1S/C15H24N2O2S2/c1-12-5-3-2-4-8-17(12)21(18,19)15-9-13(11-20-15)10-16-14-6-7-14/h9,11-12,14,16H,2-8,10H2,1H3. The van der Waals surface area contributed by atoms with E-state index in [-0.39, 0.29) is 6.04 Å². The average Bonchev–Trinajstić information content (AvgIpc) is 3.19. The summed E-state index contributed by atoms with van der Waals surface area (Å²) in [6.07, 6.45) is 6.72. The fraction of sp³-hybridized carbons (Fsp3) is 0.733. The minimum absolute atomic E-state index is 0.118. The summed E-state index contributed by atoms with van der Waals surface area (Å²) in [4.78, 5) is 0. The number of hydrogen-bond donors (Lipinski definition) is 1. The quantitative estimate of drug-likeness (QED) is 0.904. The second kappa shape index (κ2) is 6.36. The molecule has 1 atom stereocenters. The van der Waals surface area contributed by atoms with E-state index in [4.69, 9.17) is 0 Å². The lowest BCUT2D eigenvalue weighted by atomic mass is 10.1. The topological polar surface area (TPSA) is 49.4 Å². The van der Waals surface area contributed by atoms with Gasteiger partial charge in [0, 0.05) is 25.2 Å². The smallest absolute Gasteiger partial charge is 0.252 e. The third-order valence-corrected chi connectivity index (χ3v) is 7.83. The van der Waals surface area contributed by atoms with Gasteiger partial charge in [-0.1, -0.05) is 12.8 Å². The maximum absolute atomic E-state index is 12.8. The SMILES string of the molecule is CC1CCCCCN1S(=O)(=O)c1cc(CNC2CC2)cs1. The second-order valence-electron chi connectivity index (χ2n) is 6.24. The molecule has 0 aromatic carbocycles. The molecule has 1 N–H and O–H groups in total. The highest BCUT2D eigenvalue weighted by Gasteiger charge is 2.31. The predicted octanol–water partition coefficient (Wildman–Crippen LogP) is 2.95. The van der Waals surface area contributed by atoms with E-state index < -0.39 is 10.0 Å². The number of nitrogens with zero attached hydrogens (tertiary/aromatic N) is 1. The molecule has 1 unspecified atom stereocenters. The van der Waals surface area contributed by atoms with Crippen molar-refractivity contribution < 1.29 is 8.42 Å². The number of hydrogen-bond acceptors (Lipinski definition) is 4. The van der Waals surface area contributed by atoms with Gasteiger partial charge in [0.15, 0.2) is 0 Å². The molecule has 0 bridgehead atoms. The zero-order valence-corrected chi connectivity index (χ0v) is 14.2. The summed E-state index contributed by atoms with van der Waals surface area (Å²) in [5, 5.41) is 5.41. The van der Waals surface area contributed by atoms with Crippen molar-refractivity contribution in [2.45, 2.75) is 68.3 Å². The van der Waals surface area contributed by atoms with Gasteiger partial charge in [-0.25, -0.2) is 8.42 Å². The minimum Gasteiger partial charge on any atom is -0.310 e. The fourth-order valence-electron chi connectivity index (χ4n) is 2.85. The highest BCUT2D eigenvalue weighted by Crippen LogP contribution is 2.29. The first-order valence-electron chi connectivity index (χ1n) is 7.90. The summed E-state index contributed by atoms with van der Waals surface area (Å²) in [5.74, 6) is 0. The summed E-state index contributed by atoms with van der Waals surface area (Å²) < 4.78 is 27.9. The molecule has 1 aliphatic carbocycles. The summed E-state index contributed by atoms with van der Waals surface area (Å²) in [6, 6.07) is 2.62. The number of rotatable bonds is 5. The van der Waals surface area contributed by atoms with Crippen molar-refractivity contribution in [3.05, 3.63) is 17.0 Å². The van der Waals surface area contributed by atoms with Gasteiger partial charge >= 0.3 is 0 Å². The molecule has 1 saturated heterocycles. The van der Waals surface area contributed by atoms with Crippen LogP contribution in [0.3, 0.4) is 0 Å². The Morgan fingerprint density at radius 1 is 1.29 bits per heavy atom. The van der Waals surface area contributed by atoms with E-state index in [1.54, 1.807) is 4.31 Å². The molecule has 1 aliphatic heterocycles. The molecule has 2 fully saturated rings. The van der Waals surface area contributed by atoms with E-state index in [9.17, 15) is 8.42 Å². The number of sulfonamides is 1. The lowest BCUT2D eigenvalue weighted by molar-refractivity contribution is 0.343. The average molecular weight is 329 g/mol. The van der Waals surface area contributed by atoms with Crippen molar-refractivity contribution in [2.24, 2.45) is 0 Å². The van der Waals surface area contributed by atoms with Crippen LogP contribution < -0.4 is 5.32 Å². The maximum atomic E-state index is 12.8. The van der Waals surface area contributed by atoms with Crippen LogP contribution in [0.1, 0.15) is 51.0 Å². The molecule has 0 amide bonds. The van der Waals surface area contributed by atoms with Crippen LogP contribution in [0.2, 0.25) is 0 Å². The lowest BCUT2D eigenvalue weighted by Crippen LogP contribution is -2.37. The summed E-state index contributed by atoms with van der Waals surface area (Å²) in [7, 11) is -3.31. The van der Waals surface area contributed by atoms with Crippen molar-refractivity contribution in [1.29, 1.82) is 0 Å². The highest BCUT2D eigenvalue weighted by molar-refractivity contribution is 7.91. The van der Waals surface area contributed by atoms with Crippen LogP contribution in [-0.2, 0) is 16.6 Å². The molecular formula is C15H24N2O2S2. The molecule has 1 aromatic heterocycles. The summed E-state index contributed by atoms with van der Waals surface area (Å²) in [6.45, 7) is 3.48. The maximum Gasteiger partial charge on any atom is 0.252 e. The summed E-state index contributed by atoms with van der Waals surface area (Å²) >= 11 is 1.36. The largest absolute Gasteiger partial charge is 0.310 e. The van der Waals surface area contributed by atoms with Gasteiger partial charge in [0.2, 0.25) is 0 Å². The Hall–Kier alpha value is -0.430. The van der Waals surface area contributed by atoms with Gasteiger partial charge in [-0.3, -0.25) is 0 Å². The first-order chi connectivity index (χ1) is 10.1. The third-order valence-electron chi connectivity index (χ3n) is 4.36. The van der Waals surface area contributed by atoms with Crippen LogP contribution in [0.5, 0.6) is 0 Å². The molecule has 1 saturated carbocycles. The Morgan fingerprint density at radius 2 is 2.10 bits per heavy atom. The lowest BCUT2D eigenvalue weighted by Gasteiger charge is -2.25. The van der Waals surface area contributed by atoms with E-state index in [2.05, 4.69) is 5.32 Å². The normalized spacial score (nSPS) is 24.9. The van der Waals surface area contributed by atoms with E-state index >= 15 is 0 Å². The molecule has 1 aromatic rings. The molecule has 0 spiro atoms. The van der Waals surface area contributed by atoms with Gasteiger partial charge in [-0.05, 0) is 49.6 Å². The van der Waals surface area contributed by atoms with Gasteiger partial charge < -0.3 is 5.32 Å². The molecule has 3 rings (SSSR count). The zero-order chi connectivity index (χ0) is 14.9. The van der Waals surface area contributed by atoms with E-state index in [0.29, 0.717) is 16.8 Å². The predicted molar refractivity (Wildman–Crippen MR) is 86.0 cm³/mol. The Labute approximate surface area is 131 Å². The van der Waals surface area contributed by atoms with Crippen molar-refractivity contribution in [2.75, 3.05) is 6.54 Å². The minimum atomic E-state index is -3.31. The monoisotopic (exact) mass is 328 g/mol. The van der Waals surface area contributed by atoms with Crippen LogP contribution in [0.4, 0.5) is 0 Å². The van der Waals surface area contributed by atoms with Crippen LogP contribution in [0.25, 0.3) is 0 Å². The van der Waals surface area contributed by atoms with Crippen molar-refractivity contribution >= 4 is 21.4 Å². The Kier molecular flexibility index (Phi) is 4.69. The zero-order valence-electron chi connectivity index (χ0n) is 12.5. The van der Waals surface area contributed by atoms with Crippen LogP contribution in [-0.4, -0.2) is 31.4 Å². The van der Waals surface area contributed by atoms with Gasteiger partial charge in [0.05, 0.1) is 0 Å². The number of nitrogens with one attached hydrogen (secondary N) is 1. The Bertz CT molecular complexity index is 578. The van der Waals surface area contributed by atoms with E-state index in [1.165, 1.54) is 24.2 Å². The van der Waals surface area contributed by atoms with E-state index in [0.717, 1.165) is 37.8 Å². The Balaban J connectivity index is 1.73. The molecule has 2 heterocycles. The van der Waals surface area contributed by atoms with Crippen LogP contribution >= 0.6 is 11.3 Å². The first-order valence-corrected chi connectivity index (χ1v) is 10.2. The Morgan fingerprint density at radius 3 is 2.86 bits per heavy atom. The molecule has 2 aliphatic rings. The number of thiophene rings is 1. The molecule has 4 nitrogen and oxygen atoms in total. The van der Waals surface area contributed by atoms with Crippen LogP contribution in [0.15, 0.2) is 15.7 Å². The van der Waals surface area contributed by atoms with Crippen molar-refractivity contribution in [1.82, 2.24) is 9.62 Å². The first kappa shape index (κ1) is 15.5. The highest BCUT2D eigenvalue weighted by atomic mass is 32.2. The van der Waals surface area contributed by atoms with E-state index in [1.807, 2.05) is 18.4 Å². The van der Waals surface area contributed by atoms with Gasteiger partial charge in [0.25, 0.3) is 10.0 Å². The molecule has 0 radical (unpaired) electrons. The van der Waals surface area contributed by atoms with Crippen molar-refractivity contribution in [3.8, 4) is 0 Å². The molecule has 6 heteroatoms. The van der Waals surface area contributed by atoms with Gasteiger partial charge in [0.1, 0.15) is 4.21 Å². The fourth-order valence-corrected chi connectivity index (χ4v) is 5.89.